The number of nitrogens with zero attached hydrogens (tertiary/aromatic N) is 3. The normalized spacial score (nSPS) is 15.4. The average molecular weight is 253 g/mol. The van der Waals surface area contributed by atoms with E-state index in [1.54, 1.807) is 18.7 Å². The fourth-order valence-corrected chi connectivity index (χ4v) is 2.97. The van der Waals surface area contributed by atoms with E-state index < -0.39 is 0 Å². The van der Waals surface area contributed by atoms with Gasteiger partial charge in [-0.1, -0.05) is 18.2 Å². The van der Waals surface area contributed by atoms with Crippen LogP contribution in [0.25, 0.3) is 0 Å². The van der Waals surface area contributed by atoms with Crippen LogP contribution >= 0.6 is 11.8 Å². The van der Waals surface area contributed by atoms with Crippen molar-refractivity contribution in [1.82, 2.24) is 14.8 Å². The number of ketones is 1. The Morgan fingerprint density at radius 3 is 3.06 bits per heavy atom. The Labute approximate surface area is 106 Å². The van der Waals surface area contributed by atoms with Gasteiger partial charge in [-0.25, -0.2) is 0 Å². The van der Waals surface area contributed by atoms with E-state index in [0.29, 0.717) is 6.42 Å². The lowest BCUT2D eigenvalue weighted by molar-refractivity contribution is -0.117. The molecule has 0 bridgehead atoms. The van der Waals surface area contributed by atoms with Gasteiger partial charge in [0, 0.05) is 25.1 Å². The maximum atomic E-state index is 10.8. The Morgan fingerprint density at radius 2 is 2.24 bits per heavy atom. The summed E-state index contributed by atoms with van der Waals surface area (Å²) in [5.41, 5.74) is 0. The predicted molar refractivity (Wildman–Crippen MR) is 68.2 cm³/mol. The molecule has 0 aliphatic carbocycles. The van der Waals surface area contributed by atoms with Gasteiger partial charge in [-0.3, -0.25) is 0 Å². The highest BCUT2D eigenvalue weighted by Crippen LogP contribution is 2.22. The molecular formula is C12H19N3OS. The first kappa shape index (κ1) is 12.6. The molecule has 0 atom stereocenters. The summed E-state index contributed by atoms with van der Waals surface area (Å²) in [5, 5.41) is 9.54. The molecule has 2 heterocycles. The van der Waals surface area contributed by atoms with Gasteiger partial charge in [-0.05, 0) is 26.2 Å². The third-order valence-electron chi connectivity index (χ3n) is 2.98. The van der Waals surface area contributed by atoms with Crippen LogP contribution in [-0.2, 0) is 17.8 Å². The van der Waals surface area contributed by atoms with Crippen molar-refractivity contribution < 1.29 is 4.79 Å². The number of rotatable bonds is 5. The van der Waals surface area contributed by atoms with Gasteiger partial charge in [0.2, 0.25) is 0 Å². The minimum Gasteiger partial charge on any atom is -0.306 e. The van der Waals surface area contributed by atoms with E-state index in [0.717, 1.165) is 36.1 Å². The molecule has 0 saturated carbocycles. The van der Waals surface area contributed by atoms with E-state index in [-0.39, 0.29) is 5.78 Å². The Hall–Kier alpha value is -0.840. The van der Waals surface area contributed by atoms with Crippen molar-refractivity contribution in [3.8, 4) is 0 Å². The Balaban J connectivity index is 1.88. The number of aryl methyl sites for hydroxylation is 1. The zero-order chi connectivity index (χ0) is 12.1. The second-order valence-corrected chi connectivity index (χ2v) is 5.58. The molecule has 0 amide bonds. The summed E-state index contributed by atoms with van der Waals surface area (Å²) in [7, 11) is 0. The molecule has 1 aromatic rings. The summed E-state index contributed by atoms with van der Waals surface area (Å²) < 4.78 is 2.26. The number of thioether (sulfide) groups is 1. The van der Waals surface area contributed by atoms with Crippen molar-refractivity contribution in [3.05, 3.63) is 5.82 Å². The fraction of sp³-hybridized carbons (Fsp3) is 0.750. The summed E-state index contributed by atoms with van der Waals surface area (Å²) in [6.45, 7) is 2.70. The van der Waals surface area contributed by atoms with Gasteiger partial charge < -0.3 is 9.36 Å². The Kier molecular flexibility index (Phi) is 4.59. The van der Waals surface area contributed by atoms with Crippen LogP contribution in [0.2, 0.25) is 0 Å². The Bertz CT molecular complexity index is 389. The number of Topliss-reactive ketones (excluding diaryl/α,β-unsaturated/α-hetero) is 1. The minimum absolute atomic E-state index is 0.269. The van der Waals surface area contributed by atoms with Crippen molar-refractivity contribution in [2.75, 3.05) is 5.75 Å². The maximum absolute atomic E-state index is 10.8. The van der Waals surface area contributed by atoms with Crippen molar-refractivity contribution >= 4 is 17.5 Å². The minimum atomic E-state index is 0.269. The number of fused-ring (bicyclic) bond motifs is 1. The van der Waals surface area contributed by atoms with Crippen LogP contribution in [0.4, 0.5) is 0 Å². The van der Waals surface area contributed by atoms with E-state index in [1.165, 1.54) is 19.3 Å². The Morgan fingerprint density at radius 1 is 1.35 bits per heavy atom. The lowest BCUT2D eigenvalue weighted by Crippen LogP contribution is -2.02. The smallest absolute Gasteiger partial charge is 0.191 e. The molecule has 0 spiro atoms. The van der Waals surface area contributed by atoms with Crippen LogP contribution in [0, 0.1) is 0 Å². The van der Waals surface area contributed by atoms with Gasteiger partial charge in [0.15, 0.2) is 5.16 Å². The molecule has 94 valence electrons. The standard InChI is InChI=1S/C12H19N3OS/c1-10(16)6-5-9-17-12-14-13-11-7-3-2-4-8-15(11)12/h2-9H2,1H3. The summed E-state index contributed by atoms with van der Waals surface area (Å²) >= 11 is 1.73. The molecule has 0 N–H and O–H groups in total. The largest absolute Gasteiger partial charge is 0.306 e. The van der Waals surface area contributed by atoms with Crippen LogP contribution in [-0.4, -0.2) is 26.3 Å². The lowest BCUT2D eigenvalue weighted by Gasteiger charge is -2.05. The molecule has 0 unspecified atom stereocenters. The van der Waals surface area contributed by atoms with Crippen LogP contribution in [0.3, 0.4) is 0 Å². The fourth-order valence-electron chi connectivity index (χ4n) is 2.05. The van der Waals surface area contributed by atoms with E-state index in [9.17, 15) is 4.79 Å². The van der Waals surface area contributed by atoms with Crippen LogP contribution in [0.15, 0.2) is 5.16 Å². The van der Waals surface area contributed by atoms with Crippen LogP contribution in [0.5, 0.6) is 0 Å². The van der Waals surface area contributed by atoms with Crippen LogP contribution < -0.4 is 0 Å². The number of hydrogen-bond donors (Lipinski definition) is 0. The third-order valence-corrected chi connectivity index (χ3v) is 4.03. The molecule has 1 aliphatic rings. The third kappa shape index (κ3) is 3.56. The summed E-state index contributed by atoms with van der Waals surface area (Å²) in [6, 6.07) is 0. The summed E-state index contributed by atoms with van der Waals surface area (Å²) in [6.07, 6.45) is 6.41. The topological polar surface area (TPSA) is 47.8 Å². The molecule has 1 aliphatic heterocycles. The second kappa shape index (κ2) is 6.19. The molecule has 0 radical (unpaired) electrons. The van der Waals surface area contributed by atoms with Gasteiger partial charge in [0.1, 0.15) is 11.6 Å². The molecule has 4 nitrogen and oxygen atoms in total. The molecule has 1 aromatic heterocycles. The molecule has 0 saturated heterocycles. The van der Waals surface area contributed by atoms with Gasteiger partial charge in [-0.2, -0.15) is 0 Å². The van der Waals surface area contributed by atoms with Crippen molar-refractivity contribution in [1.29, 1.82) is 0 Å². The van der Waals surface area contributed by atoms with E-state index >= 15 is 0 Å². The van der Waals surface area contributed by atoms with Gasteiger partial charge in [0.05, 0.1) is 0 Å². The molecule has 17 heavy (non-hydrogen) atoms. The lowest BCUT2D eigenvalue weighted by atomic mass is 10.2. The quantitative estimate of drug-likeness (QED) is 0.597. The maximum Gasteiger partial charge on any atom is 0.191 e. The molecule has 0 aromatic carbocycles. The summed E-state index contributed by atoms with van der Waals surface area (Å²) in [5.74, 6) is 2.36. The zero-order valence-electron chi connectivity index (χ0n) is 10.3. The number of carbonyl (C=O) groups excluding carboxylic acids is 1. The monoisotopic (exact) mass is 253 g/mol. The number of hydrogen-bond acceptors (Lipinski definition) is 4. The summed E-state index contributed by atoms with van der Waals surface area (Å²) in [4.78, 5) is 10.8. The van der Waals surface area contributed by atoms with Crippen LogP contribution in [0.1, 0.15) is 44.9 Å². The van der Waals surface area contributed by atoms with E-state index in [1.807, 2.05) is 0 Å². The highest BCUT2D eigenvalue weighted by molar-refractivity contribution is 7.99. The molecule has 5 heteroatoms. The van der Waals surface area contributed by atoms with Gasteiger partial charge in [-0.15, -0.1) is 10.2 Å². The first-order chi connectivity index (χ1) is 8.27. The zero-order valence-corrected chi connectivity index (χ0v) is 11.1. The van der Waals surface area contributed by atoms with Crippen molar-refractivity contribution in [3.63, 3.8) is 0 Å². The molecule has 2 rings (SSSR count). The highest BCUT2D eigenvalue weighted by atomic mass is 32.2. The van der Waals surface area contributed by atoms with E-state index in [4.69, 9.17) is 0 Å². The van der Waals surface area contributed by atoms with Crippen molar-refractivity contribution in [2.45, 2.75) is 57.1 Å². The van der Waals surface area contributed by atoms with Gasteiger partial charge >= 0.3 is 0 Å². The second-order valence-electron chi connectivity index (χ2n) is 4.52. The molecular weight excluding hydrogens is 234 g/mol. The molecule has 0 fully saturated rings. The first-order valence-corrected chi connectivity index (χ1v) is 7.30. The number of aromatic nitrogens is 3. The predicted octanol–water partition coefficient (Wildman–Crippen LogP) is 2.47. The highest BCUT2D eigenvalue weighted by Gasteiger charge is 2.14. The number of carbonyl (C=O) groups is 1. The average Bonchev–Trinajstić information content (AvgIpc) is 2.54. The van der Waals surface area contributed by atoms with E-state index in [2.05, 4.69) is 14.8 Å². The van der Waals surface area contributed by atoms with Gasteiger partial charge in [0.25, 0.3) is 0 Å². The SMILES string of the molecule is CC(=O)CCCSc1nnc2n1CCCCC2. The first-order valence-electron chi connectivity index (χ1n) is 6.31. The van der Waals surface area contributed by atoms with Crippen molar-refractivity contribution in [2.24, 2.45) is 0 Å².